The van der Waals surface area contributed by atoms with Gasteiger partial charge in [0.05, 0.1) is 11.1 Å². The van der Waals surface area contributed by atoms with Crippen molar-refractivity contribution in [1.29, 1.82) is 0 Å². The molecule has 152 valence electrons. The number of anilines is 1. The van der Waals surface area contributed by atoms with Crippen LogP contribution in [0, 0.1) is 0 Å². The van der Waals surface area contributed by atoms with Gasteiger partial charge in [-0.15, -0.1) is 0 Å². The van der Waals surface area contributed by atoms with Crippen molar-refractivity contribution < 1.29 is 31.1 Å². The Balaban J connectivity index is 0.00000136. The van der Waals surface area contributed by atoms with E-state index in [1.54, 1.807) is 24.3 Å². The lowest BCUT2D eigenvalue weighted by Gasteiger charge is -2.30. The molecule has 0 atom stereocenters. The Morgan fingerprint density at radius 3 is 1.96 bits per heavy atom. The van der Waals surface area contributed by atoms with Crippen molar-refractivity contribution in [3.8, 4) is 0 Å². The second-order valence-corrected chi connectivity index (χ2v) is 5.98. The van der Waals surface area contributed by atoms with E-state index in [4.69, 9.17) is 0 Å². The number of benzene rings is 2. The molecule has 0 saturated heterocycles. The maximum atomic E-state index is 13.0. The Morgan fingerprint density at radius 2 is 1.43 bits per heavy atom. The zero-order valence-electron chi connectivity index (χ0n) is 15.3. The minimum Gasteiger partial charge on any atom is -0.308 e. The zero-order chi connectivity index (χ0) is 21.1. The topological polar surface area (TPSA) is 20.3 Å². The van der Waals surface area contributed by atoms with Gasteiger partial charge in [0.2, 0.25) is 0 Å². The fourth-order valence-corrected chi connectivity index (χ4v) is 2.98. The second kappa shape index (κ2) is 8.24. The van der Waals surface area contributed by atoms with Crippen molar-refractivity contribution in [3.63, 3.8) is 0 Å². The Labute approximate surface area is 158 Å². The third kappa shape index (κ3) is 4.66. The van der Waals surface area contributed by atoms with Gasteiger partial charge in [-0.3, -0.25) is 4.79 Å². The monoisotopic (exact) mass is 403 g/mol. The number of para-hydroxylation sites is 1. The number of fused-ring (bicyclic) bond motifs is 1. The lowest BCUT2D eigenvalue weighted by Crippen LogP contribution is -2.35. The molecule has 0 radical (unpaired) electrons. The Morgan fingerprint density at radius 1 is 0.893 bits per heavy atom. The molecular weight excluding hydrogens is 384 g/mol. The molecule has 1 aliphatic heterocycles. The van der Waals surface area contributed by atoms with Crippen LogP contribution in [0.3, 0.4) is 0 Å². The lowest BCUT2D eigenvalue weighted by atomic mass is 9.99. The third-order valence-corrected chi connectivity index (χ3v) is 4.19. The molecule has 0 spiro atoms. The van der Waals surface area contributed by atoms with Crippen molar-refractivity contribution in [2.45, 2.75) is 39.0 Å². The van der Waals surface area contributed by atoms with E-state index in [0.717, 1.165) is 5.56 Å². The molecule has 2 aromatic rings. The molecule has 2 nitrogen and oxygen atoms in total. The predicted octanol–water partition coefficient (Wildman–Crippen LogP) is 6.34. The van der Waals surface area contributed by atoms with Gasteiger partial charge in [-0.2, -0.15) is 26.3 Å². The molecule has 0 aromatic heterocycles. The summed E-state index contributed by atoms with van der Waals surface area (Å²) in [5, 5.41) is 0. The van der Waals surface area contributed by atoms with E-state index in [9.17, 15) is 31.1 Å². The first-order valence-electron chi connectivity index (χ1n) is 8.76. The molecular formula is C20H19F6NO. The van der Waals surface area contributed by atoms with E-state index >= 15 is 0 Å². The van der Waals surface area contributed by atoms with Crippen LogP contribution in [0.5, 0.6) is 0 Å². The summed E-state index contributed by atoms with van der Waals surface area (Å²) >= 11 is 0. The number of amides is 1. The summed E-state index contributed by atoms with van der Waals surface area (Å²) in [4.78, 5) is 13.9. The van der Waals surface area contributed by atoms with E-state index in [1.165, 1.54) is 4.90 Å². The van der Waals surface area contributed by atoms with Gasteiger partial charge in [-0.25, -0.2) is 0 Å². The van der Waals surface area contributed by atoms with Crippen LogP contribution in [-0.2, 0) is 18.8 Å². The Bertz CT molecular complexity index is 809. The van der Waals surface area contributed by atoms with Gasteiger partial charge in [-0.1, -0.05) is 32.0 Å². The van der Waals surface area contributed by atoms with E-state index in [2.05, 4.69) is 0 Å². The average Bonchev–Trinajstić information content (AvgIpc) is 2.67. The molecule has 1 amide bonds. The standard InChI is InChI=1S/C18H13F6NO.C2H6/c19-17(20,21)13-8-12(9-14(10-13)18(22,23)24)16(26)25-7-3-5-11-4-1-2-6-15(11)25;1-2/h1-2,4,6,8-10H,3,5,7H2;1-2H3. The SMILES string of the molecule is CC.O=C(c1cc(C(F)(F)F)cc(C(F)(F)F)c1)N1CCCc2ccccc21. The fraction of sp³-hybridized carbons (Fsp3) is 0.350. The highest BCUT2D eigenvalue weighted by molar-refractivity contribution is 6.07. The molecule has 0 N–H and O–H groups in total. The molecule has 0 saturated carbocycles. The van der Waals surface area contributed by atoms with E-state index in [1.807, 2.05) is 13.8 Å². The quantitative estimate of drug-likeness (QED) is 0.509. The van der Waals surface area contributed by atoms with Crippen LogP contribution in [0.4, 0.5) is 32.0 Å². The number of hydrogen-bond donors (Lipinski definition) is 0. The third-order valence-electron chi connectivity index (χ3n) is 4.19. The van der Waals surface area contributed by atoms with Gasteiger partial charge >= 0.3 is 12.4 Å². The van der Waals surface area contributed by atoms with Gasteiger partial charge < -0.3 is 4.90 Å². The number of hydrogen-bond acceptors (Lipinski definition) is 1. The molecule has 0 fully saturated rings. The molecule has 0 bridgehead atoms. The number of nitrogens with zero attached hydrogens (tertiary/aromatic N) is 1. The summed E-state index contributed by atoms with van der Waals surface area (Å²) in [6.45, 7) is 4.23. The first kappa shape index (κ1) is 21.8. The minimum atomic E-state index is -4.99. The number of alkyl halides is 6. The van der Waals surface area contributed by atoms with Crippen LogP contribution in [0.15, 0.2) is 42.5 Å². The molecule has 0 unspecified atom stereocenters. The Hall–Kier alpha value is -2.51. The van der Waals surface area contributed by atoms with Gasteiger partial charge in [0.15, 0.2) is 0 Å². The van der Waals surface area contributed by atoms with Gasteiger partial charge in [0.1, 0.15) is 0 Å². The van der Waals surface area contributed by atoms with E-state index in [0.29, 0.717) is 30.7 Å². The summed E-state index contributed by atoms with van der Waals surface area (Å²) in [5.74, 6) is -0.881. The summed E-state index contributed by atoms with van der Waals surface area (Å²) in [7, 11) is 0. The molecule has 3 rings (SSSR count). The Kier molecular flexibility index (Phi) is 6.41. The van der Waals surface area contributed by atoms with Gasteiger partial charge in [-0.05, 0) is 42.7 Å². The minimum absolute atomic E-state index is 0.0148. The average molecular weight is 403 g/mol. The largest absolute Gasteiger partial charge is 0.416 e. The van der Waals surface area contributed by atoms with Crippen molar-refractivity contribution in [2.24, 2.45) is 0 Å². The lowest BCUT2D eigenvalue weighted by molar-refractivity contribution is -0.143. The second-order valence-electron chi connectivity index (χ2n) is 5.98. The number of aryl methyl sites for hydroxylation is 1. The van der Waals surface area contributed by atoms with Crippen molar-refractivity contribution >= 4 is 11.6 Å². The molecule has 28 heavy (non-hydrogen) atoms. The molecule has 1 aliphatic rings. The van der Waals surface area contributed by atoms with Crippen LogP contribution in [0.2, 0.25) is 0 Å². The van der Waals surface area contributed by atoms with E-state index in [-0.39, 0.29) is 12.6 Å². The van der Waals surface area contributed by atoms with Crippen molar-refractivity contribution in [1.82, 2.24) is 0 Å². The molecule has 2 aromatic carbocycles. The number of carbonyl (C=O) groups excluding carboxylic acids is 1. The summed E-state index contributed by atoms with van der Waals surface area (Å²) in [5.41, 5.74) is -2.30. The van der Waals surface area contributed by atoms with Crippen LogP contribution in [0.1, 0.15) is 47.3 Å². The predicted molar refractivity (Wildman–Crippen MR) is 94.2 cm³/mol. The smallest absolute Gasteiger partial charge is 0.308 e. The number of rotatable bonds is 1. The highest BCUT2D eigenvalue weighted by Gasteiger charge is 2.38. The summed E-state index contributed by atoms with van der Waals surface area (Å²) < 4.78 is 77.9. The van der Waals surface area contributed by atoms with Crippen molar-refractivity contribution in [3.05, 3.63) is 64.7 Å². The highest BCUT2D eigenvalue weighted by atomic mass is 19.4. The van der Waals surface area contributed by atoms with Crippen LogP contribution in [-0.4, -0.2) is 12.5 Å². The molecule has 0 aliphatic carbocycles. The summed E-state index contributed by atoms with van der Waals surface area (Å²) in [6, 6.07) is 7.79. The van der Waals surface area contributed by atoms with Crippen LogP contribution >= 0.6 is 0 Å². The number of halogens is 6. The van der Waals surface area contributed by atoms with E-state index < -0.39 is 35.0 Å². The highest BCUT2D eigenvalue weighted by Crippen LogP contribution is 2.37. The van der Waals surface area contributed by atoms with Crippen molar-refractivity contribution in [2.75, 3.05) is 11.4 Å². The molecule has 1 heterocycles. The van der Waals surface area contributed by atoms with Gasteiger partial charge in [0.25, 0.3) is 5.91 Å². The first-order valence-corrected chi connectivity index (χ1v) is 8.76. The molecule has 8 heteroatoms. The van der Waals surface area contributed by atoms with Gasteiger partial charge in [0, 0.05) is 17.8 Å². The normalized spacial score (nSPS) is 14.1. The maximum absolute atomic E-state index is 13.0. The van der Waals surface area contributed by atoms with Crippen LogP contribution < -0.4 is 4.90 Å². The zero-order valence-corrected chi connectivity index (χ0v) is 15.3. The number of carbonyl (C=O) groups is 1. The van der Waals surface area contributed by atoms with Crippen LogP contribution in [0.25, 0.3) is 0 Å². The summed E-state index contributed by atoms with van der Waals surface area (Å²) in [6.07, 6.45) is -8.71. The first-order chi connectivity index (χ1) is 13.1. The maximum Gasteiger partial charge on any atom is 0.416 e. The fourth-order valence-electron chi connectivity index (χ4n) is 2.98.